The molecule has 0 aromatic rings. The van der Waals surface area contributed by atoms with Crippen molar-refractivity contribution in [1.82, 2.24) is 9.80 Å². The van der Waals surface area contributed by atoms with Crippen molar-refractivity contribution in [3.63, 3.8) is 0 Å². The quantitative estimate of drug-likeness (QED) is 0.752. The van der Waals surface area contributed by atoms with E-state index in [1.165, 1.54) is 12.8 Å². The fourth-order valence-electron chi connectivity index (χ4n) is 3.68. The monoisotopic (exact) mass is 252 g/mol. The molecule has 0 N–H and O–H groups in total. The van der Waals surface area contributed by atoms with Crippen molar-refractivity contribution in [2.45, 2.75) is 46.6 Å². The molecule has 0 aromatic carbocycles. The predicted molar refractivity (Wildman–Crippen MR) is 74.3 cm³/mol. The van der Waals surface area contributed by atoms with E-state index < -0.39 is 0 Å². The van der Waals surface area contributed by atoms with Gasteiger partial charge in [-0.1, -0.05) is 20.8 Å². The van der Waals surface area contributed by atoms with Crippen LogP contribution < -0.4 is 0 Å². The number of piperidine rings is 1. The Labute approximate surface area is 112 Å². The number of carbonyl (C=O) groups excluding carboxylic acids is 1. The molecular formula is C15H28N2O. The number of carbonyl (C=O) groups is 1. The molecule has 2 bridgehead atoms. The van der Waals surface area contributed by atoms with Crippen LogP contribution in [0.15, 0.2) is 0 Å². The molecule has 0 aromatic heterocycles. The van der Waals surface area contributed by atoms with Gasteiger partial charge in [-0.2, -0.15) is 0 Å². The SMILES string of the molecule is C[C@@H](C(=O)N1CC2CCC(C)(C1)C2(C)C)N(C)C. The predicted octanol–water partition coefficient (Wildman–Crippen LogP) is 2.22. The first kappa shape index (κ1) is 13.9. The molecule has 18 heavy (non-hydrogen) atoms. The number of fused-ring (bicyclic) bond motifs is 2. The Morgan fingerprint density at radius 2 is 1.94 bits per heavy atom. The van der Waals surface area contributed by atoms with Gasteiger partial charge in [0.1, 0.15) is 0 Å². The van der Waals surface area contributed by atoms with Gasteiger partial charge in [-0.05, 0) is 50.6 Å². The van der Waals surface area contributed by atoms with Gasteiger partial charge in [-0.3, -0.25) is 9.69 Å². The molecular weight excluding hydrogens is 224 g/mol. The average Bonchev–Trinajstić information content (AvgIpc) is 2.44. The average molecular weight is 252 g/mol. The third-order valence-electron chi connectivity index (χ3n) is 6.05. The Morgan fingerprint density at radius 1 is 1.33 bits per heavy atom. The fourth-order valence-corrected chi connectivity index (χ4v) is 3.68. The summed E-state index contributed by atoms with van der Waals surface area (Å²) >= 11 is 0. The van der Waals surface area contributed by atoms with E-state index in [2.05, 4.69) is 25.7 Å². The fraction of sp³-hybridized carbons (Fsp3) is 0.933. The van der Waals surface area contributed by atoms with Gasteiger partial charge in [0.05, 0.1) is 6.04 Å². The lowest BCUT2D eigenvalue weighted by atomic mass is 9.63. The van der Waals surface area contributed by atoms with E-state index in [1.54, 1.807) is 0 Å². The van der Waals surface area contributed by atoms with E-state index in [9.17, 15) is 4.79 Å². The summed E-state index contributed by atoms with van der Waals surface area (Å²) in [5.41, 5.74) is 0.683. The summed E-state index contributed by atoms with van der Waals surface area (Å²) in [5, 5.41) is 0. The summed E-state index contributed by atoms with van der Waals surface area (Å²) in [5.74, 6) is 0.975. The largest absolute Gasteiger partial charge is 0.340 e. The van der Waals surface area contributed by atoms with E-state index in [4.69, 9.17) is 0 Å². The summed E-state index contributed by atoms with van der Waals surface area (Å²) in [4.78, 5) is 16.6. The van der Waals surface area contributed by atoms with Gasteiger partial charge in [0.15, 0.2) is 0 Å². The van der Waals surface area contributed by atoms with Crippen molar-refractivity contribution < 1.29 is 4.79 Å². The highest BCUT2D eigenvalue weighted by molar-refractivity contribution is 5.81. The zero-order valence-corrected chi connectivity index (χ0v) is 12.8. The Balaban J connectivity index is 2.15. The van der Waals surface area contributed by atoms with Crippen LogP contribution in [0.2, 0.25) is 0 Å². The van der Waals surface area contributed by atoms with Crippen LogP contribution in [0.3, 0.4) is 0 Å². The lowest BCUT2D eigenvalue weighted by molar-refractivity contribution is -0.143. The summed E-state index contributed by atoms with van der Waals surface area (Å²) in [6.07, 6.45) is 2.55. The van der Waals surface area contributed by atoms with Crippen LogP contribution in [0.5, 0.6) is 0 Å². The molecule has 1 aliphatic heterocycles. The third kappa shape index (κ3) is 1.87. The molecule has 1 aliphatic carbocycles. The molecule has 2 unspecified atom stereocenters. The Morgan fingerprint density at radius 3 is 2.44 bits per heavy atom. The first-order chi connectivity index (χ1) is 8.19. The second-order valence-corrected chi connectivity index (χ2v) is 7.38. The number of hydrogen-bond donors (Lipinski definition) is 0. The maximum Gasteiger partial charge on any atom is 0.239 e. The highest BCUT2D eigenvalue weighted by Crippen LogP contribution is 2.58. The number of likely N-dealkylation sites (tertiary alicyclic amines) is 1. The van der Waals surface area contributed by atoms with Crippen molar-refractivity contribution in [3.8, 4) is 0 Å². The third-order valence-corrected chi connectivity index (χ3v) is 6.05. The molecule has 3 atom stereocenters. The minimum Gasteiger partial charge on any atom is -0.340 e. The van der Waals surface area contributed by atoms with Crippen LogP contribution in [-0.2, 0) is 4.79 Å². The molecule has 2 aliphatic rings. The van der Waals surface area contributed by atoms with Crippen molar-refractivity contribution in [2.75, 3.05) is 27.2 Å². The zero-order chi connectivity index (χ0) is 13.7. The van der Waals surface area contributed by atoms with Gasteiger partial charge in [-0.25, -0.2) is 0 Å². The van der Waals surface area contributed by atoms with Gasteiger partial charge in [0, 0.05) is 13.1 Å². The maximum absolute atomic E-state index is 12.5. The Kier molecular flexibility index (Phi) is 3.25. The lowest BCUT2D eigenvalue weighted by Gasteiger charge is -2.51. The molecule has 0 spiro atoms. The number of amides is 1. The zero-order valence-electron chi connectivity index (χ0n) is 12.8. The van der Waals surface area contributed by atoms with Crippen molar-refractivity contribution in [2.24, 2.45) is 16.7 Å². The number of rotatable bonds is 2. The number of likely N-dealkylation sites (N-methyl/N-ethyl adjacent to an activating group) is 1. The summed E-state index contributed by atoms with van der Waals surface area (Å²) < 4.78 is 0. The second kappa shape index (κ2) is 4.22. The number of hydrogen-bond acceptors (Lipinski definition) is 2. The van der Waals surface area contributed by atoms with Crippen LogP contribution >= 0.6 is 0 Å². The highest BCUT2D eigenvalue weighted by atomic mass is 16.2. The topological polar surface area (TPSA) is 23.6 Å². The van der Waals surface area contributed by atoms with Crippen LogP contribution in [0.4, 0.5) is 0 Å². The van der Waals surface area contributed by atoms with Gasteiger partial charge < -0.3 is 4.90 Å². The molecule has 2 fully saturated rings. The first-order valence-corrected chi connectivity index (χ1v) is 7.14. The number of nitrogens with zero attached hydrogens (tertiary/aromatic N) is 2. The van der Waals surface area contributed by atoms with Gasteiger partial charge >= 0.3 is 0 Å². The van der Waals surface area contributed by atoms with Crippen LogP contribution in [0.1, 0.15) is 40.5 Å². The molecule has 104 valence electrons. The Bertz CT molecular complexity index is 350. The molecule has 1 heterocycles. The van der Waals surface area contributed by atoms with E-state index in [1.807, 2.05) is 25.9 Å². The second-order valence-electron chi connectivity index (χ2n) is 7.38. The van der Waals surface area contributed by atoms with Crippen molar-refractivity contribution in [1.29, 1.82) is 0 Å². The summed E-state index contributed by atoms with van der Waals surface area (Å²) in [6, 6.07) is -0.00536. The highest BCUT2D eigenvalue weighted by Gasteiger charge is 2.56. The first-order valence-electron chi connectivity index (χ1n) is 7.14. The smallest absolute Gasteiger partial charge is 0.239 e. The molecule has 1 saturated carbocycles. The van der Waals surface area contributed by atoms with Crippen LogP contribution in [0.25, 0.3) is 0 Å². The van der Waals surface area contributed by atoms with Crippen molar-refractivity contribution in [3.05, 3.63) is 0 Å². The molecule has 3 heteroatoms. The Hall–Kier alpha value is -0.570. The minimum atomic E-state index is -0.00536. The lowest BCUT2D eigenvalue weighted by Crippen LogP contribution is -2.56. The van der Waals surface area contributed by atoms with Gasteiger partial charge in [0.2, 0.25) is 5.91 Å². The molecule has 0 radical (unpaired) electrons. The van der Waals surface area contributed by atoms with Gasteiger partial charge in [0.25, 0.3) is 0 Å². The molecule has 3 nitrogen and oxygen atoms in total. The van der Waals surface area contributed by atoms with E-state index in [0.29, 0.717) is 22.7 Å². The molecule has 1 saturated heterocycles. The van der Waals surface area contributed by atoms with Crippen LogP contribution in [-0.4, -0.2) is 48.9 Å². The standard InChI is InChI=1S/C15H28N2O/c1-11(16(5)6)13(18)17-9-12-7-8-15(4,10-17)14(12,2)3/h11-12H,7-10H2,1-6H3/t11-,12?,15?/m0/s1. The maximum atomic E-state index is 12.5. The molecule has 1 amide bonds. The summed E-state index contributed by atoms with van der Waals surface area (Å²) in [7, 11) is 3.96. The summed E-state index contributed by atoms with van der Waals surface area (Å²) in [6.45, 7) is 11.1. The molecule has 2 rings (SSSR count). The van der Waals surface area contributed by atoms with E-state index >= 15 is 0 Å². The van der Waals surface area contributed by atoms with Crippen molar-refractivity contribution >= 4 is 5.91 Å². The normalized spacial score (nSPS) is 35.9. The van der Waals surface area contributed by atoms with Crippen LogP contribution in [0, 0.1) is 16.7 Å². The van der Waals surface area contributed by atoms with E-state index in [0.717, 1.165) is 13.1 Å². The van der Waals surface area contributed by atoms with E-state index in [-0.39, 0.29) is 6.04 Å². The van der Waals surface area contributed by atoms with Gasteiger partial charge in [-0.15, -0.1) is 0 Å². The minimum absolute atomic E-state index is 0.00536.